The highest BCUT2D eigenvalue weighted by molar-refractivity contribution is 5.75. The van der Waals surface area contributed by atoms with Gasteiger partial charge in [-0.15, -0.1) is 0 Å². The van der Waals surface area contributed by atoms with Gasteiger partial charge in [0.25, 0.3) is 0 Å². The van der Waals surface area contributed by atoms with Crippen molar-refractivity contribution >= 4 is 12.0 Å². The monoisotopic (exact) mass is 364 g/mol. The molecule has 1 saturated carbocycles. The molecule has 2 amide bonds. The van der Waals surface area contributed by atoms with Crippen LogP contribution in [-0.4, -0.2) is 48.8 Å². The maximum atomic E-state index is 12.2. The quantitative estimate of drug-likeness (QED) is 0.739. The minimum Gasteiger partial charge on any atom is -0.493 e. The fourth-order valence-corrected chi connectivity index (χ4v) is 2.98. The number of hydrogen-bond donors (Lipinski definition) is 2. The molecule has 1 aromatic rings. The first kappa shape index (κ1) is 19.9. The average Bonchev–Trinajstić information content (AvgIpc) is 3.12. The molecule has 0 aliphatic heterocycles. The van der Waals surface area contributed by atoms with Crippen LogP contribution in [0.25, 0.3) is 0 Å². The Bertz CT molecular complexity index is 628. The lowest BCUT2D eigenvalue weighted by Crippen LogP contribution is -2.39. The SMILES string of the molecule is COc1cc(C(C)NC(=O)N(C)CCC(=O)O)ccc1OC1CCCC1. The van der Waals surface area contributed by atoms with E-state index in [1.807, 2.05) is 25.1 Å². The fourth-order valence-electron chi connectivity index (χ4n) is 2.98. The van der Waals surface area contributed by atoms with E-state index in [1.54, 1.807) is 14.2 Å². The van der Waals surface area contributed by atoms with Crippen molar-refractivity contribution < 1.29 is 24.2 Å². The van der Waals surface area contributed by atoms with Crippen LogP contribution < -0.4 is 14.8 Å². The number of carboxylic acids is 1. The summed E-state index contributed by atoms with van der Waals surface area (Å²) in [5, 5.41) is 11.6. The number of benzene rings is 1. The van der Waals surface area contributed by atoms with Crippen LogP contribution in [0.15, 0.2) is 18.2 Å². The van der Waals surface area contributed by atoms with E-state index in [0.29, 0.717) is 5.75 Å². The summed E-state index contributed by atoms with van der Waals surface area (Å²) in [4.78, 5) is 24.1. The van der Waals surface area contributed by atoms with E-state index >= 15 is 0 Å². The third-order valence-electron chi connectivity index (χ3n) is 4.63. The number of carbonyl (C=O) groups is 2. The Balaban J connectivity index is 1.98. The predicted octanol–water partition coefficient (Wildman–Crippen LogP) is 3.19. The number of urea groups is 1. The molecule has 0 saturated heterocycles. The minimum atomic E-state index is -0.930. The van der Waals surface area contributed by atoms with Crippen LogP contribution in [0.2, 0.25) is 0 Å². The van der Waals surface area contributed by atoms with Gasteiger partial charge >= 0.3 is 12.0 Å². The van der Waals surface area contributed by atoms with E-state index in [4.69, 9.17) is 14.6 Å². The smallest absolute Gasteiger partial charge is 0.317 e. The fraction of sp³-hybridized carbons (Fsp3) is 0.579. The van der Waals surface area contributed by atoms with Gasteiger partial charge in [0, 0.05) is 13.6 Å². The van der Waals surface area contributed by atoms with E-state index < -0.39 is 5.97 Å². The van der Waals surface area contributed by atoms with Gasteiger partial charge in [0.2, 0.25) is 0 Å². The van der Waals surface area contributed by atoms with Gasteiger partial charge in [-0.1, -0.05) is 6.07 Å². The van der Waals surface area contributed by atoms with Crippen LogP contribution in [-0.2, 0) is 4.79 Å². The van der Waals surface area contributed by atoms with Crippen molar-refractivity contribution in [2.45, 2.75) is 51.2 Å². The molecule has 0 radical (unpaired) electrons. The normalized spacial score (nSPS) is 15.3. The Hall–Kier alpha value is -2.44. The molecule has 144 valence electrons. The van der Waals surface area contributed by atoms with E-state index in [2.05, 4.69) is 5.32 Å². The number of carboxylic acid groups (broad SMARTS) is 1. The average molecular weight is 364 g/mol. The number of ether oxygens (including phenoxy) is 2. The zero-order chi connectivity index (χ0) is 19.1. The molecule has 0 aromatic heterocycles. The number of carbonyl (C=O) groups excluding carboxylic acids is 1. The summed E-state index contributed by atoms with van der Waals surface area (Å²) >= 11 is 0. The molecule has 1 atom stereocenters. The molecular formula is C19H28N2O5. The number of rotatable bonds is 8. The number of nitrogens with zero attached hydrogens (tertiary/aromatic N) is 1. The molecule has 1 fully saturated rings. The Labute approximate surface area is 154 Å². The molecule has 1 aromatic carbocycles. The lowest BCUT2D eigenvalue weighted by molar-refractivity contribution is -0.137. The van der Waals surface area contributed by atoms with E-state index in [9.17, 15) is 9.59 Å². The topological polar surface area (TPSA) is 88.1 Å². The highest BCUT2D eigenvalue weighted by Gasteiger charge is 2.20. The van der Waals surface area contributed by atoms with Gasteiger partial charge < -0.3 is 24.8 Å². The summed E-state index contributed by atoms with van der Waals surface area (Å²) in [7, 11) is 3.17. The van der Waals surface area contributed by atoms with Gasteiger partial charge in [0.1, 0.15) is 0 Å². The van der Waals surface area contributed by atoms with Gasteiger partial charge in [-0.3, -0.25) is 4.79 Å². The van der Waals surface area contributed by atoms with Crippen molar-refractivity contribution in [1.82, 2.24) is 10.2 Å². The van der Waals surface area contributed by atoms with Crippen molar-refractivity contribution in [2.75, 3.05) is 20.7 Å². The lowest BCUT2D eigenvalue weighted by atomic mass is 10.1. The second-order valence-corrected chi connectivity index (χ2v) is 6.67. The van der Waals surface area contributed by atoms with Crippen molar-refractivity contribution in [2.24, 2.45) is 0 Å². The molecule has 2 N–H and O–H groups in total. The maximum Gasteiger partial charge on any atom is 0.317 e. The summed E-state index contributed by atoms with van der Waals surface area (Å²) in [5.41, 5.74) is 0.889. The Morgan fingerprint density at radius 3 is 2.62 bits per heavy atom. The van der Waals surface area contributed by atoms with Gasteiger partial charge in [0.15, 0.2) is 11.5 Å². The standard InChI is InChI=1S/C19H28N2O5/c1-13(20-19(24)21(2)11-10-18(22)23)14-8-9-16(17(12-14)25-3)26-15-6-4-5-7-15/h8-9,12-13,15H,4-7,10-11H2,1-3H3,(H,20,24)(H,22,23). The van der Waals surface area contributed by atoms with E-state index in [1.165, 1.54) is 17.7 Å². The van der Waals surface area contributed by atoms with Gasteiger partial charge in [-0.2, -0.15) is 0 Å². The van der Waals surface area contributed by atoms with Gasteiger partial charge in [-0.25, -0.2) is 4.79 Å². The molecule has 0 spiro atoms. The molecule has 0 bridgehead atoms. The Morgan fingerprint density at radius 1 is 1.31 bits per heavy atom. The van der Waals surface area contributed by atoms with Crippen LogP contribution in [0.1, 0.15) is 50.6 Å². The van der Waals surface area contributed by atoms with Gasteiger partial charge in [-0.05, 0) is 50.3 Å². The van der Waals surface area contributed by atoms with Crippen LogP contribution in [0.5, 0.6) is 11.5 Å². The third kappa shape index (κ3) is 5.54. The minimum absolute atomic E-state index is 0.0840. The predicted molar refractivity (Wildman–Crippen MR) is 97.7 cm³/mol. The summed E-state index contributed by atoms with van der Waals surface area (Å²) in [6.07, 6.45) is 4.70. The summed E-state index contributed by atoms with van der Waals surface area (Å²) in [6.45, 7) is 2.03. The Kier molecular flexibility index (Phi) is 7.12. The molecule has 0 heterocycles. The molecule has 26 heavy (non-hydrogen) atoms. The summed E-state index contributed by atoms with van der Waals surface area (Å²) < 4.78 is 11.5. The number of amides is 2. The molecule has 7 heteroatoms. The first-order valence-corrected chi connectivity index (χ1v) is 8.98. The molecule has 1 aliphatic carbocycles. The van der Waals surface area contributed by atoms with Gasteiger partial charge in [0.05, 0.1) is 25.7 Å². The van der Waals surface area contributed by atoms with Crippen molar-refractivity contribution in [3.8, 4) is 11.5 Å². The highest BCUT2D eigenvalue weighted by atomic mass is 16.5. The van der Waals surface area contributed by atoms with Crippen LogP contribution in [0.4, 0.5) is 4.79 Å². The molecule has 1 unspecified atom stereocenters. The number of aliphatic carboxylic acids is 1. The zero-order valence-corrected chi connectivity index (χ0v) is 15.7. The molecule has 2 rings (SSSR count). The van der Waals surface area contributed by atoms with Crippen LogP contribution >= 0.6 is 0 Å². The lowest BCUT2D eigenvalue weighted by Gasteiger charge is -2.22. The first-order valence-electron chi connectivity index (χ1n) is 8.98. The number of hydrogen-bond acceptors (Lipinski definition) is 4. The second-order valence-electron chi connectivity index (χ2n) is 6.67. The third-order valence-corrected chi connectivity index (χ3v) is 4.63. The zero-order valence-electron chi connectivity index (χ0n) is 15.7. The molecule has 7 nitrogen and oxygen atoms in total. The number of methoxy groups -OCH3 is 1. The van der Waals surface area contributed by atoms with E-state index in [-0.39, 0.29) is 31.1 Å². The van der Waals surface area contributed by atoms with E-state index in [0.717, 1.165) is 24.2 Å². The second kappa shape index (κ2) is 9.31. The molecular weight excluding hydrogens is 336 g/mol. The maximum absolute atomic E-state index is 12.2. The summed E-state index contributed by atoms with van der Waals surface area (Å²) in [6, 6.07) is 5.10. The van der Waals surface area contributed by atoms with Crippen molar-refractivity contribution in [1.29, 1.82) is 0 Å². The van der Waals surface area contributed by atoms with Crippen molar-refractivity contribution in [3.63, 3.8) is 0 Å². The largest absolute Gasteiger partial charge is 0.493 e. The highest BCUT2D eigenvalue weighted by Crippen LogP contribution is 2.33. The first-order chi connectivity index (χ1) is 12.4. The molecule has 1 aliphatic rings. The number of nitrogens with one attached hydrogen (secondary N) is 1. The van der Waals surface area contributed by atoms with Crippen molar-refractivity contribution in [3.05, 3.63) is 23.8 Å². The summed E-state index contributed by atoms with van der Waals surface area (Å²) in [5.74, 6) is 0.440. The van der Waals surface area contributed by atoms with Crippen LogP contribution in [0.3, 0.4) is 0 Å². The Morgan fingerprint density at radius 2 is 2.00 bits per heavy atom. The van der Waals surface area contributed by atoms with Crippen LogP contribution in [0, 0.1) is 0 Å².